The summed E-state index contributed by atoms with van der Waals surface area (Å²) in [6, 6.07) is 20.1. The van der Waals surface area contributed by atoms with Crippen LogP contribution in [0.5, 0.6) is 5.75 Å². The van der Waals surface area contributed by atoms with Crippen LogP contribution in [0.3, 0.4) is 0 Å². The number of benzene rings is 3. The summed E-state index contributed by atoms with van der Waals surface area (Å²) in [5.74, 6) is -0.369. The van der Waals surface area contributed by atoms with Crippen molar-refractivity contribution in [2.24, 2.45) is 0 Å². The molecule has 33 heavy (non-hydrogen) atoms. The number of aromatic nitrogens is 3. The third-order valence-corrected chi connectivity index (χ3v) is 6.64. The van der Waals surface area contributed by atoms with Crippen molar-refractivity contribution in [3.8, 4) is 16.9 Å². The van der Waals surface area contributed by atoms with Gasteiger partial charge in [-0.2, -0.15) is 0 Å². The molecule has 4 aromatic rings. The molecule has 0 saturated heterocycles. The minimum Gasteiger partial charge on any atom is -0.497 e. The Labute approximate surface area is 199 Å². The molecule has 1 aromatic heterocycles. The molecule has 7 nitrogen and oxygen atoms in total. The molecule has 1 heterocycles. The minimum absolute atomic E-state index is 0.140. The Morgan fingerprint density at radius 3 is 2.39 bits per heavy atom. The van der Waals surface area contributed by atoms with Crippen LogP contribution in [0.15, 0.2) is 76.4 Å². The fourth-order valence-electron chi connectivity index (χ4n) is 3.34. The maximum Gasteiger partial charge on any atom is 0.317 e. The normalized spacial score (nSPS) is 11.9. The Hall–Kier alpha value is -3.36. The van der Waals surface area contributed by atoms with E-state index in [0.717, 1.165) is 16.0 Å². The Bertz CT molecular complexity index is 1340. The number of hydrogen-bond acceptors (Lipinski definition) is 6. The van der Waals surface area contributed by atoms with Gasteiger partial charge >= 0.3 is 5.97 Å². The summed E-state index contributed by atoms with van der Waals surface area (Å²) >= 11 is 7.18. The predicted octanol–water partition coefficient (Wildman–Crippen LogP) is 4.76. The van der Waals surface area contributed by atoms with E-state index in [1.165, 1.54) is 23.6 Å². The zero-order chi connectivity index (χ0) is 23.4. The van der Waals surface area contributed by atoms with Crippen molar-refractivity contribution >= 4 is 40.2 Å². The summed E-state index contributed by atoms with van der Waals surface area (Å²) in [6.07, 6.45) is 0.217. The standard InChI is InChI=1S/C24H20ClN3O4S/c1-32-18-8-11-20-21(14-18)26-27-28(23(20)29)13-12-22(24(30)31)33-19-9-4-16(5-10-19)15-2-6-17(25)7-3-15/h2-11,14,22H,12-13H2,1H3,(H,30,31). The number of rotatable bonds is 8. The number of methoxy groups -OCH3 is 1. The molecule has 0 aliphatic heterocycles. The summed E-state index contributed by atoms with van der Waals surface area (Å²) in [5, 5.41) is 18.1. The molecule has 1 atom stereocenters. The van der Waals surface area contributed by atoms with Crippen LogP contribution in [-0.4, -0.2) is 38.4 Å². The van der Waals surface area contributed by atoms with Gasteiger partial charge in [0.05, 0.1) is 12.5 Å². The number of carboxylic acid groups (broad SMARTS) is 1. The largest absolute Gasteiger partial charge is 0.497 e. The fraction of sp³-hybridized carbons (Fsp3) is 0.167. The molecule has 0 aliphatic carbocycles. The molecule has 0 amide bonds. The van der Waals surface area contributed by atoms with E-state index in [0.29, 0.717) is 21.7 Å². The van der Waals surface area contributed by atoms with Crippen LogP contribution < -0.4 is 10.3 Å². The van der Waals surface area contributed by atoms with Crippen LogP contribution in [0.4, 0.5) is 0 Å². The second-order valence-corrected chi connectivity index (χ2v) is 8.98. The molecular formula is C24H20ClN3O4S. The van der Waals surface area contributed by atoms with Gasteiger partial charge in [-0.1, -0.05) is 41.1 Å². The van der Waals surface area contributed by atoms with E-state index < -0.39 is 11.2 Å². The Morgan fingerprint density at radius 2 is 1.76 bits per heavy atom. The van der Waals surface area contributed by atoms with Gasteiger partial charge in [-0.15, -0.1) is 16.9 Å². The first-order valence-electron chi connectivity index (χ1n) is 10.1. The molecule has 0 fully saturated rings. The number of aliphatic carboxylic acids is 1. The lowest BCUT2D eigenvalue weighted by Gasteiger charge is -2.13. The van der Waals surface area contributed by atoms with Crippen LogP contribution in [0.25, 0.3) is 22.0 Å². The summed E-state index contributed by atoms with van der Waals surface area (Å²) in [6.45, 7) is 0.140. The Morgan fingerprint density at radius 1 is 1.09 bits per heavy atom. The molecule has 9 heteroatoms. The second-order valence-electron chi connectivity index (χ2n) is 7.27. The van der Waals surface area contributed by atoms with Gasteiger partial charge in [0.25, 0.3) is 5.56 Å². The second kappa shape index (κ2) is 10.1. The first-order valence-corrected chi connectivity index (χ1v) is 11.4. The molecule has 0 aliphatic rings. The first-order chi connectivity index (χ1) is 15.9. The van der Waals surface area contributed by atoms with E-state index >= 15 is 0 Å². The number of halogens is 1. The van der Waals surface area contributed by atoms with Gasteiger partial charge in [-0.3, -0.25) is 9.59 Å². The smallest absolute Gasteiger partial charge is 0.317 e. The number of fused-ring (bicyclic) bond motifs is 1. The molecule has 1 N–H and O–H groups in total. The average Bonchev–Trinajstić information content (AvgIpc) is 2.83. The number of ether oxygens (including phenoxy) is 1. The van der Waals surface area contributed by atoms with E-state index in [1.807, 2.05) is 48.5 Å². The van der Waals surface area contributed by atoms with Gasteiger partial charge < -0.3 is 9.84 Å². The number of thioether (sulfide) groups is 1. The molecule has 0 saturated carbocycles. The third-order valence-electron chi connectivity index (χ3n) is 5.12. The monoisotopic (exact) mass is 481 g/mol. The van der Waals surface area contributed by atoms with E-state index in [4.69, 9.17) is 16.3 Å². The highest BCUT2D eigenvalue weighted by Crippen LogP contribution is 2.29. The maximum absolute atomic E-state index is 12.7. The zero-order valence-electron chi connectivity index (χ0n) is 17.6. The third kappa shape index (κ3) is 5.35. The lowest BCUT2D eigenvalue weighted by Crippen LogP contribution is -2.27. The topological polar surface area (TPSA) is 94.3 Å². The van der Waals surface area contributed by atoms with Crippen LogP contribution in [-0.2, 0) is 11.3 Å². The highest BCUT2D eigenvalue weighted by molar-refractivity contribution is 8.00. The van der Waals surface area contributed by atoms with Crippen molar-refractivity contribution in [1.29, 1.82) is 0 Å². The summed E-state index contributed by atoms with van der Waals surface area (Å²) in [5.41, 5.74) is 2.15. The van der Waals surface area contributed by atoms with Crippen molar-refractivity contribution in [3.05, 3.63) is 82.1 Å². The van der Waals surface area contributed by atoms with Crippen LogP contribution >= 0.6 is 23.4 Å². The maximum atomic E-state index is 12.7. The molecular weight excluding hydrogens is 462 g/mol. The number of nitrogens with zero attached hydrogens (tertiary/aromatic N) is 3. The summed E-state index contributed by atoms with van der Waals surface area (Å²) in [7, 11) is 1.53. The van der Waals surface area contributed by atoms with Gasteiger partial charge in [0.2, 0.25) is 0 Å². The number of aryl methyl sites for hydroxylation is 1. The van der Waals surface area contributed by atoms with Crippen LogP contribution in [0, 0.1) is 0 Å². The van der Waals surface area contributed by atoms with Gasteiger partial charge in [-0.05, 0) is 53.9 Å². The molecule has 0 spiro atoms. The molecule has 4 rings (SSSR count). The van der Waals surface area contributed by atoms with E-state index in [2.05, 4.69) is 10.3 Å². The molecule has 0 bridgehead atoms. The van der Waals surface area contributed by atoms with Gasteiger partial charge in [0.1, 0.15) is 16.5 Å². The lowest BCUT2D eigenvalue weighted by molar-refractivity contribution is -0.136. The molecule has 168 valence electrons. The van der Waals surface area contributed by atoms with E-state index in [1.54, 1.807) is 18.2 Å². The fourth-order valence-corrected chi connectivity index (χ4v) is 4.41. The van der Waals surface area contributed by atoms with Crippen LogP contribution in [0.2, 0.25) is 5.02 Å². The summed E-state index contributed by atoms with van der Waals surface area (Å²) in [4.78, 5) is 25.4. The lowest BCUT2D eigenvalue weighted by atomic mass is 10.1. The van der Waals surface area contributed by atoms with E-state index in [-0.39, 0.29) is 18.5 Å². The summed E-state index contributed by atoms with van der Waals surface area (Å²) < 4.78 is 6.34. The zero-order valence-corrected chi connectivity index (χ0v) is 19.2. The quantitative estimate of drug-likeness (QED) is 0.363. The molecule has 0 radical (unpaired) electrons. The molecule has 3 aromatic carbocycles. The van der Waals surface area contributed by atoms with Crippen molar-refractivity contribution in [2.45, 2.75) is 23.1 Å². The van der Waals surface area contributed by atoms with Crippen molar-refractivity contribution < 1.29 is 14.6 Å². The van der Waals surface area contributed by atoms with Crippen molar-refractivity contribution in [2.75, 3.05) is 7.11 Å². The van der Waals surface area contributed by atoms with Crippen molar-refractivity contribution in [1.82, 2.24) is 15.0 Å². The number of hydrogen-bond donors (Lipinski definition) is 1. The first kappa shape index (κ1) is 22.8. The van der Waals surface area contributed by atoms with Crippen LogP contribution in [0.1, 0.15) is 6.42 Å². The van der Waals surface area contributed by atoms with Gasteiger partial charge in [0.15, 0.2) is 0 Å². The number of carboxylic acids is 1. The SMILES string of the molecule is COc1ccc2c(=O)n(CCC(Sc3ccc(-c4ccc(Cl)cc4)cc3)C(=O)O)nnc2c1. The van der Waals surface area contributed by atoms with E-state index in [9.17, 15) is 14.7 Å². The highest BCUT2D eigenvalue weighted by atomic mass is 35.5. The number of carbonyl (C=O) groups is 1. The Kier molecular flexibility index (Phi) is 6.96. The average molecular weight is 482 g/mol. The molecule has 1 unspecified atom stereocenters. The van der Waals surface area contributed by atoms with Crippen molar-refractivity contribution in [3.63, 3.8) is 0 Å². The van der Waals surface area contributed by atoms with Gasteiger partial charge in [-0.25, -0.2) is 4.68 Å². The Balaban J connectivity index is 1.46. The minimum atomic E-state index is -0.951. The highest BCUT2D eigenvalue weighted by Gasteiger charge is 2.20. The van der Waals surface area contributed by atoms with Gasteiger partial charge in [0, 0.05) is 22.5 Å². The predicted molar refractivity (Wildman–Crippen MR) is 129 cm³/mol.